The van der Waals surface area contributed by atoms with Crippen LogP contribution in [0.15, 0.2) is 158 Å². The average Bonchev–Trinajstić information content (AvgIpc) is 4.00. The van der Waals surface area contributed by atoms with Crippen molar-refractivity contribution in [1.29, 1.82) is 0 Å². The standard InChI is InChI=1S/C60H51N4O.Pt/c1-59(2,3)42-25-27-49(47(36-42)38-14-7-6-8-15-38)64-52-22-13-19-43(56(52)62-58(64)45-18-9-10-23-53(45)65)40-16-11-17-41(34-40)55-54-46-21-12-20-44-48-35-39(37-28-31-60(4,5)32-29-37)24-26-50(48)63(57(44)46)51(54)30-33-61-55;/h6-27,30,33,35-37,65H,28-29,31-32H2,1-5H3;/q-1;/i37D;. The summed E-state index contributed by atoms with van der Waals surface area (Å²) in [6.07, 6.45) is 5.84. The van der Waals surface area contributed by atoms with Crippen LogP contribution in [0, 0.1) is 11.5 Å². The number of nitrogens with zero attached hydrogens (tertiary/aromatic N) is 4. The molecule has 1 aliphatic rings. The van der Waals surface area contributed by atoms with Crippen LogP contribution >= 0.6 is 0 Å². The first-order valence-corrected chi connectivity index (χ1v) is 23.0. The molecule has 0 spiro atoms. The largest absolute Gasteiger partial charge is 0.507 e. The zero-order valence-corrected chi connectivity index (χ0v) is 40.2. The van der Waals surface area contributed by atoms with Gasteiger partial charge in [-0.15, -0.1) is 29.8 Å². The predicted molar refractivity (Wildman–Crippen MR) is 269 cm³/mol. The molecule has 1 fully saturated rings. The van der Waals surface area contributed by atoms with Crippen molar-refractivity contribution in [3.8, 4) is 56.3 Å². The molecule has 0 bridgehead atoms. The number of imidazole rings is 1. The second-order valence-corrected chi connectivity index (χ2v) is 19.9. The molecule has 0 saturated heterocycles. The van der Waals surface area contributed by atoms with Crippen LogP contribution in [-0.4, -0.2) is 24.0 Å². The van der Waals surface area contributed by atoms with Crippen LogP contribution in [0.4, 0.5) is 0 Å². The van der Waals surface area contributed by atoms with E-state index in [1.807, 2.05) is 24.4 Å². The quantitative estimate of drug-likeness (QED) is 0.169. The third kappa shape index (κ3) is 6.77. The Morgan fingerprint density at radius 2 is 1.41 bits per heavy atom. The number of aromatic nitrogens is 4. The van der Waals surface area contributed by atoms with Gasteiger partial charge in [-0.2, -0.15) is 0 Å². The molecule has 0 radical (unpaired) electrons. The molecule has 6 heteroatoms. The third-order valence-corrected chi connectivity index (χ3v) is 14.2. The second-order valence-electron chi connectivity index (χ2n) is 19.9. The van der Waals surface area contributed by atoms with Crippen molar-refractivity contribution in [2.24, 2.45) is 5.41 Å². The number of para-hydroxylation sites is 3. The Hall–Kier alpha value is -6.55. The van der Waals surface area contributed by atoms with Crippen LogP contribution in [0.5, 0.6) is 5.75 Å². The number of fused-ring (bicyclic) bond motifs is 7. The van der Waals surface area contributed by atoms with Gasteiger partial charge in [0.25, 0.3) is 0 Å². The molecule has 12 rings (SSSR count). The molecule has 0 aliphatic heterocycles. The Kier molecular flexibility index (Phi) is 9.80. The van der Waals surface area contributed by atoms with Gasteiger partial charge in [0.1, 0.15) is 11.6 Å². The van der Waals surface area contributed by atoms with E-state index in [9.17, 15) is 6.48 Å². The molecular formula is C60H51N4OPt-. The summed E-state index contributed by atoms with van der Waals surface area (Å²) >= 11 is 0. The zero-order chi connectivity index (χ0) is 45.1. The molecule has 11 aromatic rings. The fourth-order valence-corrected chi connectivity index (χ4v) is 10.6. The zero-order valence-electron chi connectivity index (χ0n) is 38.9. The van der Waals surface area contributed by atoms with Crippen molar-refractivity contribution < 1.29 is 27.5 Å². The van der Waals surface area contributed by atoms with E-state index < -0.39 is 5.89 Å². The van der Waals surface area contributed by atoms with Gasteiger partial charge in [-0.3, -0.25) is 9.55 Å². The maximum Gasteiger partial charge on any atom is 0.148 e. The molecule has 1 aliphatic carbocycles. The third-order valence-electron chi connectivity index (χ3n) is 14.2. The van der Waals surface area contributed by atoms with Crippen molar-refractivity contribution in [2.75, 3.05) is 0 Å². The van der Waals surface area contributed by atoms with Crippen molar-refractivity contribution >= 4 is 49.1 Å². The predicted octanol–water partition coefficient (Wildman–Crippen LogP) is 15.7. The smallest absolute Gasteiger partial charge is 0.148 e. The molecule has 0 atom stereocenters. The minimum Gasteiger partial charge on any atom is -0.507 e. The number of hydrogen-bond donors (Lipinski definition) is 1. The van der Waals surface area contributed by atoms with Crippen LogP contribution in [0.1, 0.15) is 78.7 Å². The van der Waals surface area contributed by atoms with E-state index in [2.05, 4.69) is 177 Å². The molecule has 66 heavy (non-hydrogen) atoms. The minimum atomic E-state index is -0.564. The summed E-state index contributed by atoms with van der Waals surface area (Å²) in [6.45, 7) is 11.4. The number of phenolic OH excluding ortho intramolecular Hbond substituents is 1. The number of rotatable bonds is 6. The number of pyridine rings is 1. The van der Waals surface area contributed by atoms with Gasteiger partial charge in [0.2, 0.25) is 0 Å². The maximum atomic E-state index is 11.4. The average molecular weight is 1040 g/mol. The molecule has 328 valence electrons. The molecule has 5 nitrogen and oxygen atoms in total. The summed E-state index contributed by atoms with van der Waals surface area (Å²) in [5.74, 6) is 0.263. The van der Waals surface area contributed by atoms with Crippen molar-refractivity contribution in [3.63, 3.8) is 0 Å². The van der Waals surface area contributed by atoms with Crippen molar-refractivity contribution in [1.82, 2.24) is 18.9 Å². The summed E-state index contributed by atoms with van der Waals surface area (Å²) in [5, 5.41) is 16.1. The maximum absolute atomic E-state index is 11.4. The van der Waals surface area contributed by atoms with Crippen molar-refractivity contribution in [2.45, 2.75) is 71.6 Å². The van der Waals surface area contributed by atoms with Gasteiger partial charge in [0.15, 0.2) is 0 Å². The van der Waals surface area contributed by atoms with E-state index in [0.717, 1.165) is 103 Å². The fraction of sp³-hybridized carbons (Fsp3) is 0.200. The summed E-state index contributed by atoms with van der Waals surface area (Å²) in [6, 6.07) is 56.7. The Labute approximate surface area is 401 Å². The minimum absolute atomic E-state index is 0. The topological polar surface area (TPSA) is 55.4 Å². The summed E-state index contributed by atoms with van der Waals surface area (Å²) in [7, 11) is 0. The number of hydrogen-bond acceptors (Lipinski definition) is 3. The molecule has 0 unspecified atom stereocenters. The monoisotopic (exact) mass is 1040 g/mol. The number of benzene rings is 7. The molecule has 1 N–H and O–H groups in total. The van der Waals surface area contributed by atoms with Gasteiger partial charge in [0, 0.05) is 61.4 Å². The first-order valence-electron chi connectivity index (χ1n) is 23.5. The molecule has 0 amide bonds. The van der Waals surface area contributed by atoms with E-state index in [4.69, 9.17) is 9.97 Å². The molecule has 1 saturated carbocycles. The molecular weight excluding hydrogens is 988 g/mol. The van der Waals surface area contributed by atoms with E-state index in [1.54, 1.807) is 6.07 Å². The summed E-state index contributed by atoms with van der Waals surface area (Å²) in [4.78, 5) is 10.5. The van der Waals surface area contributed by atoms with Crippen LogP contribution in [0.3, 0.4) is 0 Å². The Balaban J connectivity index is 0.00000494. The van der Waals surface area contributed by atoms with Gasteiger partial charge in [-0.05, 0) is 108 Å². The summed E-state index contributed by atoms with van der Waals surface area (Å²) in [5.41, 5.74) is 15.2. The number of aromatic hydroxyl groups is 1. The Morgan fingerprint density at radius 1 is 0.682 bits per heavy atom. The fourth-order valence-electron chi connectivity index (χ4n) is 10.6. The SMILES string of the molecule is [2H]C1(c2ccc3c(c2)c2cccc4c5c(-c6[c-]c(-c7cccc8c7nc(-c7ccccc7O)n8-c7ccc(C(C)(C)C)cc7-c7ccccc7)ccc6)nccc5n3c24)CCC(C)(C)CC1.[Pt]. The molecule has 4 heterocycles. The van der Waals surface area contributed by atoms with Gasteiger partial charge < -0.3 is 9.51 Å². The molecule has 4 aromatic heterocycles. The van der Waals surface area contributed by atoms with Crippen LogP contribution in [0.25, 0.3) is 99.7 Å². The van der Waals surface area contributed by atoms with Gasteiger partial charge in [0.05, 0.1) is 38.8 Å². The van der Waals surface area contributed by atoms with Gasteiger partial charge >= 0.3 is 0 Å². The van der Waals surface area contributed by atoms with E-state index in [0.29, 0.717) is 16.8 Å². The van der Waals surface area contributed by atoms with Crippen molar-refractivity contribution in [3.05, 3.63) is 175 Å². The van der Waals surface area contributed by atoms with Gasteiger partial charge in [-0.1, -0.05) is 131 Å². The van der Waals surface area contributed by atoms with E-state index in [1.165, 1.54) is 21.9 Å². The second kappa shape index (κ2) is 15.8. The van der Waals surface area contributed by atoms with Crippen LogP contribution in [0.2, 0.25) is 0 Å². The Morgan fingerprint density at radius 3 is 2.21 bits per heavy atom. The first-order chi connectivity index (χ1) is 31.9. The normalized spacial score (nSPS) is 15.2. The Bertz CT molecular complexity index is 3700. The molecule has 7 aromatic carbocycles. The van der Waals surface area contributed by atoms with E-state index >= 15 is 0 Å². The summed E-state index contributed by atoms with van der Waals surface area (Å²) < 4.78 is 14.2. The number of phenols is 1. The first kappa shape index (κ1) is 40.9. The van der Waals surface area contributed by atoms with Gasteiger partial charge in [-0.25, -0.2) is 4.98 Å². The van der Waals surface area contributed by atoms with Crippen LogP contribution < -0.4 is 0 Å². The van der Waals surface area contributed by atoms with Crippen LogP contribution in [-0.2, 0) is 26.5 Å². The van der Waals surface area contributed by atoms with E-state index in [-0.39, 0.29) is 32.2 Å².